The lowest BCUT2D eigenvalue weighted by molar-refractivity contribution is 0.183. The highest BCUT2D eigenvalue weighted by Crippen LogP contribution is 2.25. The van der Waals surface area contributed by atoms with E-state index in [0.717, 1.165) is 16.7 Å². The van der Waals surface area contributed by atoms with Crippen LogP contribution in [0.1, 0.15) is 11.1 Å². The minimum Gasteiger partial charge on any atom is -0.508 e. The van der Waals surface area contributed by atoms with Gasteiger partial charge in [0.1, 0.15) is 5.75 Å². The molecule has 128 valence electrons. The molecule has 0 aliphatic heterocycles. The van der Waals surface area contributed by atoms with Gasteiger partial charge in [0.2, 0.25) is 0 Å². The first-order chi connectivity index (χ1) is 12.3. The van der Waals surface area contributed by atoms with E-state index in [4.69, 9.17) is 0 Å². The summed E-state index contributed by atoms with van der Waals surface area (Å²) in [4.78, 5) is 10.6. The molecule has 2 aromatic carbocycles. The van der Waals surface area contributed by atoms with Crippen LogP contribution in [0.4, 0.5) is 0 Å². The fourth-order valence-corrected chi connectivity index (χ4v) is 2.74. The molecule has 0 radical (unpaired) electrons. The van der Waals surface area contributed by atoms with Gasteiger partial charge in [-0.2, -0.15) is 0 Å². The topological polar surface area (TPSA) is 69.5 Å². The molecule has 0 amide bonds. The average Bonchev–Trinajstić information content (AvgIpc) is 2.65. The zero-order valence-corrected chi connectivity index (χ0v) is 13.9. The van der Waals surface area contributed by atoms with Crippen molar-refractivity contribution < 1.29 is 10.2 Å². The van der Waals surface area contributed by atoms with Gasteiger partial charge in [-0.3, -0.25) is 4.90 Å². The van der Waals surface area contributed by atoms with E-state index >= 15 is 0 Å². The number of hydrogen-bond donors (Lipinski definition) is 2. The molecule has 2 N–H and O–H groups in total. The third-order valence-electron chi connectivity index (χ3n) is 3.96. The van der Waals surface area contributed by atoms with Gasteiger partial charge in [0, 0.05) is 43.2 Å². The Balaban J connectivity index is 1.81. The number of aromatic nitrogens is 2. The molecule has 25 heavy (non-hydrogen) atoms. The van der Waals surface area contributed by atoms with Crippen LogP contribution in [0.3, 0.4) is 0 Å². The van der Waals surface area contributed by atoms with Crippen molar-refractivity contribution in [3.05, 3.63) is 78.1 Å². The lowest BCUT2D eigenvalue weighted by Crippen LogP contribution is -2.26. The predicted octanol–water partition coefficient (Wildman–Crippen LogP) is 2.84. The molecular weight excluding hydrogens is 314 g/mol. The summed E-state index contributed by atoms with van der Waals surface area (Å²) in [6, 6.07) is 17.2. The van der Waals surface area contributed by atoms with Crippen molar-refractivity contribution in [1.82, 2.24) is 14.9 Å². The van der Waals surface area contributed by atoms with E-state index in [2.05, 4.69) is 27.0 Å². The maximum Gasteiger partial charge on any atom is 0.159 e. The Bertz CT molecular complexity index is 795. The molecule has 5 heteroatoms. The third-order valence-corrected chi connectivity index (χ3v) is 3.96. The number of aliphatic hydroxyl groups excluding tert-OH is 1. The first-order valence-corrected chi connectivity index (χ1v) is 8.22. The fourth-order valence-electron chi connectivity index (χ4n) is 2.74. The van der Waals surface area contributed by atoms with Crippen molar-refractivity contribution in [2.75, 3.05) is 13.2 Å². The Kier molecular flexibility index (Phi) is 5.72. The van der Waals surface area contributed by atoms with Crippen LogP contribution in [0.25, 0.3) is 11.4 Å². The van der Waals surface area contributed by atoms with E-state index in [-0.39, 0.29) is 12.4 Å². The van der Waals surface area contributed by atoms with Gasteiger partial charge in [-0.1, -0.05) is 30.3 Å². The Labute approximate surface area is 147 Å². The second-order valence-corrected chi connectivity index (χ2v) is 5.84. The smallest absolute Gasteiger partial charge is 0.159 e. The number of phenols is 1. The van der Waals surface area contributed by atoms with Crippen molar-refractivity contribution in [3.8, 4) is 17.1 Å². The van der Waals surface area contributed by atoms with Gasteiger partial charge in [0.05, 0.1) is 6.61 Å². The number of nitrogens with zero attached hydrogens (tertiary/aromatic N) is 3. The molecule has 1 aromatic heterocycles. The third kappa shape index (κ3) is 4.62. The lowest BCUT2D eigenvalue weighted by atomic mass is 10.1. The summed E-state index contributed by atoms with van der Waals surface area (Å²) >= 11 is 0. The van der Waals surface area contributed by atoms with Gasteiger partial charge in [-0.25, -0.2) is 9.97 Å². The monoisotopic (exact) mass is 335 g/mol. The second-order valence-electron chi connectivity index (χ2n) is 5.84. The molecule has 5 nitrogen and oxygen atoms in total. The van der Waals surface area contributed by atoms with Gasteiger partial charge in [-0.05, 0) is 29.8 Å². The highest BCUT2D eigenvalue weighted by Gasteiger charge is 2.12. The van der Waals surface area contributed by atoms with Crippen LogP contribution < -0.4 is 0 Å². The normalized spacial score (nSPS) is 11.0. The van der Waals surface area contributed by atoms with E-state index in [0.29, 0.717) is 25.5 Å². The number of rotatable bonds is 7. The maximum atomic E-state index is 10.2. The Hall–Kier alpha value is -2.76. The molecule has 0 saturated heterocycles. The largest absolute Gasteiger partial charge is 0.508 e. The van der Waals surface area contributed by atoms with Crippen molar-refractivity contribution in [2.45, 2.75) is 13.1 Å². The van der Waals surface area contributed by atoms with Crippen LogP contribution in [-0.4, -0.2) is 38.2 Å². The summed E-state index contributed by atoms with van der Waals surface area (Å²) in [7, 11) is 0. The van der Waals surface area contributed by atoms with E-state index in [1.807, 2.05) is 30.3 Å². The van der Waals surface area contributed by atoms with Crippen molar-refractivity contribution >= 4 is 0 Å². The molecule has 0 fully saturated rings. The number of aliphatic hydroxyl groups is 1. The Morgan fingerprint density at radius 3 is 2.36 bits per heavy atom. The molecular formula is C20H21N3O2. The van der Waals surface area contributed by atoms with Gasteiger partial charge >= 0.3 is 0 Å². The van der Waals surface area contributed by atoms with Crippen LogP contribution in [0.5, 0.6) is 5.75 Å². The van der Waals surface area contributed by atoms with Gasteiger partial charge in [0.15, 0.2) is 5.82 Å². The Morgan fingerprint density at radius 1 is 0.880 bits per heavy atom. The quantitative estimate of drug-likeness (QED) is 0.695. The number of aromatic hydroxyl groups is 1. The maximum absolute atomic E-state index is 10.2. The predicted molar refractivity (Wildman–Crippen MR) is 96.8 cm³/mol. The van der Waals surface area contributed by atoms with Crippen molar-refractivity contribution in [1.29, 1.82) is 0 Å². The number of hydrogen-bond acceptors (Lipinski definition) is 5. The van der Waals surface area contributed by atoms with E-state index in [1.165, 1.54) is 0 Å². The fraction of sp³-hybridized carbons (Fsp3) is 0.200. The lowest BCUT2D eigenvalue weighted by Gasteiger charge is -2.22. The van der Waals surface area contributed by atoms with Crippen molar-refractivity contribution in [3.63, 3.8) is 0 Å². The van der Waals surface area contributed by atoms with Crippen LogP contribution in [0.2, 0.25) is 0 Å². The number of benzene rings is 2. The van der Waals surface area contributed by atoms with Gasteiger partial charge in [-0.15, -0.1) is 0 Å². The summed E-state index contributed by atoms with van der Waals surface area (Å²) < 4.78 is 0. The highest BCUT2D eigenvalue weighted by atomic mass is 16.3. The summed E-state index contributed by atoms with van der Waals surface area (Å²) in [6.07, 6.45) is 3.39. The summed E-state index contributed by atoms with van der Waals surface area (Å²) in [5.74, 6) is 0.858. The standard InChI is InChI=1S/C20H21N3O2/c24-12-11-23(14-16-5-2-1-3-6-16)15-18-13-17(7-8-19(18)25)20-21-9-4-10-22-20/h1-10,13,24-25H,11-12,14-15H2. The van der Waals surface area contributed by atoms with E-state index < -0.39 is 0 Å². The molecule has 1 heterocycles. The SMILES string of the molecule is OCCN(Cc1ccccc1)Cc1cc(-c2ncccn2)ccc1O. The zero-order valence-electron chi connectivity index (χ0n) is 13.9. The molecule has 0 unspecified atom stereocenters. The minimum atomic E-state index is 0.0646. The van der Waals surface area contributed by atoms with E-state index in [9.17, 15) is 10.2 Å². The van der Waals surface area contributed by atoms with Crippen LogP contribution in [-0.2, 0) is 13.1 Å². The number of phenolic OH excluding ortho intramolecular Hbond substituents is 1. The molecule has 3 aromatic rings. The average molecular weight is 335 g/mol. The first kappa shape index (κ1) is 17.1. The van der Waals surface area contributed by atoms with Crippen LogP contribution in [0, 0.1) is 0 Å². The molecule has 0 spiro atoms. The van der Waals surface area contributed by atoms with Crippen molar-refractivity contribution in [2.24, 2.45) is 0 Å². The summed E-state index contributed by atoms with van der Waals surface area (Å²) in [6.45, 7) is 1.82. The molecule has 0 aliphatic carbocycles. The molecule has 0 atom stereocenters. The van der Waals surface area contributed by atoms with Gasteiger partial charge in [0.25, 0.3) is 0 Å². The van der Waals surface area contributed by atoms with E-state index in [1.54, 1.807) is 24.5 Å². The molecule has 0 saturated carbocycles. The molecule has 3 rings (SSSR count). The minimum absolute atomic E-state index is 0.0646. The highest BCUT2D eigenvalue weighted by molar-refractivity contribution is 5.58. The van der Waals surface area contributed by atoms with Crippen LogP contribution >= 0.6 is 0 Å². The Morgan fingerprint density at radius 2 is 1.64 bits per heavy atom. The summed E-state index contributed by atoms with van der Waals surface area (Å²) in [5, 5.41) is 19.6. The summed E-state index contributed by atoms with van der Waals surface area (Å²) in [5.41, 5.74) is 2.81. The second kappa shape index (κ2) is 8.37. The van der Waals surface area contributed by atoms with Crippen LogP contribution in [0.15, 0.2) is 67.0 Å². The van der Waals surface area contributed by atoms with Gasteiger partial charge < -0.3 is 10.2 Å². The zero-order chi connectivity index (χ0) is 17.5. The first-order valence-electron chi connectivity index (χ1n) is 8.22. The molecule has 0 bridgehead atoms. The molecule has 0 aliphatic rings.